The summed E-state index contributed by atoms with van der Waals surface area (Å²) in [4.78, 5) is 29.2. The van der Waals surface area contributed by atoms with E-state index in [-0.39, 0.29) is 4.88 Å². The Balaban J connectivity index is 1.83. The van der Waals surface area contributed by atoms with Gasteiger partial charge in [0.25, 0.3) is 5.91 Å². The molecule has 5 nitrogen and oxygen atoms in total. The highest BCUT2D eigenvalue weighted by molar-refractivity contribution is 7.17. The minimum Gasteiger partial charge on any atom is -0.465 e. The van der Waals surface area contributed by atoms with Crippen molar-refractivity contribution in [3.63, 3.8) is 0 Å². The van der Waals surface area contributed by atoms with Crippen molar-refractivity contribution in [2.45, 2.75) is 13.1 Å². The van der Waals surface area contributed by atoms with Gasteiger partial charge in [-0.1, -0.05) is 12.1 Å². The van der Waals surface area contributed by atoms with Gasteiger partial charge in [-0.05, 0) is 30.5 Å². The van der Waals surface area contributed by atoms with E-state index < -0.39 is 23.6 Å². The Labute approximate surface area is 165 Å². The topological polar surface area (TPSA) is 68.3 Å². The van der Waals surface area contributed by atoms with Gasteiger partial charge >= 0.3 is 12.1 Å². The van der Waals surface area contributed by atoms with Gasteiger partial charge in [-0.2, -0.15) is 13.2 Å². The molecule has 0 atom stereocenters. The van der Waals surface area contributed by atoms with E-state index in [1.807, 2.05) is 0 Å². The summed E-state index contributed by atoms with van der Waals surface area (Å²) in [7, 11) is 1.25. The minimum atomic E-state index is -4.42. The lowest BCUT2D eigenvalue weighted by Gasteiger charge is -2.06. The van der Waals surface area contributed by atoms with Crippen molar-refractivity contribution in [2.24, 2.45) is 0 Å². The maximum Gasteiger partial charge on any atom is 0.416 e. The number of anilines is 1. The van der Waals surface area contributed by atoms with Crippen LogP contribution in [0.2, 0.25) is 0 Å². The fraction of sp³-hybridized carbons (Fsp3) is 0.167. The van der Waals surface area contributed by atoms with E-state index >= 15 is 0 Å². The van der Waals surface area contributed by atoms with Gasteiger partial charge in [-0.25, -0.2) is 9.78 Å². The number of esters is 1. The van der Waals surface area contributed by atoms with Crippen molar-refractivity contribution in [2.75, 3.05) is 12.4 Å². The monoisotopic (exact) mass is 426 g/mol. The average molecular weight is 426 g/mol. The highest BCUT2D eigenvalue weighted by atomic mass is 32.1. The van der Waals surface area contributed by atoms with Crippen LogP contribution in [0.5, 0.6) is 0 Å². The molecule has 0 fully saturated rings. The number of aryl methyl sites for hydroxylation is 1. The molecule has 0 bridgehead atoms. The summed E-state index contributed by atoms with van der Waals surface area (Å²) in [6.07, 6.45) is -4.42. The smallest absolute Gasteiger partial charge is 0.416 e. The van der Waals surface area contributed by atoms with Crippen molar-refractivity contribution in [3.05, 3.63) is 56.7 Å². The number of carbonyl (C=O) groups is 2. The molecule has 0 aliphatic rings. The molecule has 1 aromatic carbocycles. The maximum absolute atomic E-state index is 12.7. The predicted molar refractivity (Wildman–Crippen MR) is 101 cm³/mol. The summed E-state index contributed by atoms with van der Waals surface area (Å²) >= 11 is 2.19. The molecule has 0 saturated heterocycles. The summed E-state index contributed by atoms with van der Waals surface area (Å²) < 4.78 is 42.8. The van der Waals surface area contributed by atoms with Gasteiger partial charge in [0.15, 0.2) is 0 Å². The number of aromatic nitrogens is 1. The third-order valence-corrected chi connectivity index (χ3v) is 5.85. The highest BCUT2D eigenvalue weighted by Gasteiger charge is 2.30. The van der Waals surface area contributed by atoms with Crippen LogP contribution in [0, 0.1) is 6.92 Å². The number of benzene rings is 1. The summed E-state index contributed by atoms with van der Waals surface area (Å²) in [6.45, 7) is 1.63. The third kappa shape index (κ3) is 4.07. The molecule has 0 unspecified atom stereocenters. The van der Waals surface area contributed by atoms with Crippen molar-refractivity contribution < 1.29 is 27.5 Å². The molecule has 0 aliphatic carbocycles. The van der Waals surface area contributed by atoms with Crippen molar-refractivity contribution >= 4 is 40.2 Å². The molecule has 146 valence electrons. The molecule has 0 aliphatic heterocycles. The first kappa shape index (κ1) is 20.0. The van der Waals surface area contributed by atoms with Crippen molar-refractivity contribution in [3.8, 4) is 10.6 Å². The number of ether oxygens (including phenoxy) is 1. The van der Waals surface area contributed by atoms with Crippen LogP contribution >= 0.6 is 22.7 Å². The Kier molecular flexibility index (Phi) is 5.52. The number of carbonyl (C=O) groups excluding carboxylic acids is 2. The van der Waals surface area contributed by atoms with Crippen LogP contribution in [-0.2, 0) is 10.9 Å². The first-order chi connectivity index (χ1) is 13.2. The fourth-order valence-corrected chi connectivity index (χ4v) is 4.10. The summed E-state index contributed by atoms with van der Waals surface area (Å²) in [5.41, 5.74) is 0.485. The predicted octanol–water partition coefficient (Wildman–Crippen LogP) is 5.24. The van der Waals surface area contributed by atoms with Crippen LogP contribution in [0.1, 0.15) is 30.6 Å². The van der Waals surface area contributed by atoms with E-state index in [0.717, 1.165) is 34.8 Å². The van der Waals surface area contributed by atoms with Gasteiger partial charge in [-0.3, -0.25) is 4.79 Å². The van der Waals surface area contributed by atoms with Crippen molar-refractivity contribution in [1.82, 2.24) is 4.98 Å². The van der Waals surface area contributed by atoms with E-state index in [0.29, 0.717) is 26.8 Å². The zero-order chi connectivity index (χ0) is 20.5. The van der Waals surface area contributed by atoms with Gasteiger partial charge < -0.3 is 10.1 Å². The van der Waals surface area contributed by atoms with E-state index in [2.05, 4.69) is 15.0 Å². The molecular formula is C18H13F3N2O3S2. The van der Waals surface area contributed by atoms with Gasteiger partial charge in [-0.15, -0.1) is 22.7 Å². The molecule has 3 rings (SSSR count). The standard InChI is InChI=1S/C18H13F3N2O3S2/c1-9-13(15(24)23-12-7-8-27-14(12)17(25)26-2)28-16(22-9)10-3-5-11(6-4-10)18(19,20)21/h3-8H,1-2H3,(H,23,24). The number of thiophene rings is 1. The second-order valence-electron chi connectivity index (χ2n) is 5.62. The number of alkyl halides is 3. The molecule has 2 heterocycles. The number of hydrogen-bond acceptors (Lipinski definition) is 6. The molecule has 0 spiro atoms. The highest BCUT2D eigenvalue weighted by Crippen LogP contribution is 2.33. The normalized spacial score (nSPS) is 11.3. The quantitative estimate of drug-likeness (QED) is 0.580. The molecule has 2 aromatic heterocycles. The second-order valence-corrected chi connectivity index (χ2v) is 7.53. The van der Waals surface area contributed by atoms with E-state index in [4.69, 9.17) is 0 Å². The van der Waals surface area contributed by atoms with Gasteiger partial charge in [0, 0.05) is 5.56 Å². The first-order valence-corrected chi connectivity index (χ1v) is 9.52. The van der Waals surface area contributed by atoms with Crippen LogP contribution in [0.15, 0.2) is 35.7 Å². The molecule has 0 saturated carbocycles. The van der Waals surface area contributed by atoms with Gasteiger partial charge in [0.2, 0.25) is 0 Å². The fourth-order valence-electron chi connectivity index (χ4n) is 2.37. The number of halogens is 3. The number of hydrogen-bond donors (Lipinski definition) is 1. The first-order valence-electron chi connectivity index (χ1n) is 7.83. The number of methoxy groups -OCH3 is 1. The Morgan fingerprint density at radius 2 is 1.79 bits per heavy atom. The summed E-state index contributed by atoms with van der Waals surface area (Å²) in [5.74, 6) is -1.02. The molecule has 0 radical (unpaired) electrons. The molecule has 1 N–H and O–H groups in total. The molecule has 1 amide bonds. The van der Waals surface area contributed by atoms with E-state index in [1.165, 1.54) is 19.2 Å². The summed E-state index contributed by atoms with van der Waals surface area (Å²) in [6, 6.07) is 6.16. The lowest BCUT2D eigenvalue weighted by atomic mass is 10.1. The van der Waals surface area contributed by atoms with Crippen LogP contribution in [0.25, 0.3) is 10.6 Å². The molecule has 10 heteroatoms. The lowest BCUT2D eigenvalue weighted by Crippen LogP contribution is -2.13. The van der Waals surface area contributed by atoms with Crippen LogP contribution < -0.4 is 5.32 Å². The third-order valence-electron chi connectivity index (χ3n) is 3.75. The maximum atomic E-state index is 12.7. The molecule has 3 aromatic rings. The molecular weight excluding hydrogens is 413 g/mol. The van der Waals surface area contributed by atoms with Crippen LogP contribution in [-0.4, -0.2) is 24.0 Å². The molecule has 28 heavy (non-hydrogen) atoms. The Morgan fingerprint density at radius 1 is 1.11 bits per heavy atom. The Hall–Kier alpha value is -2.72. The minimum absolute atomic E-state index is 0.265. The largest absolute Gasteiger partial charge is 0.465 e. The van der Waals surface area contributed by atoms with E-state index in [9.17, 15) is 22.8 Å². The number of amides is 1. The number of thiazole rings is 1. The SMILES string of the molecule is COC(=O)c1sccc1NC(=O)c1sc(-c2ccc(C(F)(F)F)cc2)nc1C. The summed E-state index contributed by atoms with van der Waals surface area (Å²) in [5, 5.41) is 4.72. The Morgan fingerprint density at radius 3 is 2.39 bits per heavy atom. The van der Waals surface area contributed by atoms with E-state index in [1.54, 1.807) is 18.4 Å². The van der Waals surface area contributed by atoms with Crippen LogP contribution in [0.4, 0.5) is 18.9 Å². The van der Waals surface area contributed by atoms with Gasteiger partial charge in [0.1, 0.15) is 14.8 Å². The van der Waals surface area contributed by atoms with Gasteiger partial charge in [0.05, 0.1) is 24.1 Å². The zero-order valence-electron chi connectivity index (χ0n) is 14.6. The Bertz CT molecular complexity index is 1020. The second kappa shape index (κ2) is 7.72. The lowest BCUT2D eigenvalue weighted by molar-refractivity contribution is -0.137. The number of rotatable bonds is 4. The van der Waals surface area contributed by atoms with Crippen molar-refractivity contribution in [1.29, 1.82) is 0 Å². The zero-order valence-corrected chi connectivity index (χ0v) is 16.2. The number of nitrogens with zero attached hydrogens (tertiary/aromatic N) is 1. The van der Waals surface area contributed by atoms with Crippen LogP contribution in [0.3, 0.4) is 0 Å². The average Bonchev–Trinajstić information content (AvgIpc) is 3.27. The number of nitrogens with one attached hydrogen (secondary N) is 1.